The minimum Gasteiger partial charge on any atom is -0.453 e. The first kappa shape index (κ1) is 27.1. The summed E-state index contributed by atoms with van der Waals surface area (Å²) in [7, 11) is 2.93. The molecule has 5 N–H and O–H groups in total. The lowest BCUT2D eigenvalue weighted by molar-refractivity contribution is -0.138. The zero-order valence-electron chi connectivity index (χ0n) is 23.3. The van der Waals surface area contributed by atoms with E-state index in [1.165, 1.54) is 12.0 Å². The molecule has 0 aliphatic carbocycles. The molecule has 2 heterocycles. The first-order chi connectivity index (χ1) is 19.2. The number of nitrogens with two attached hydrogens (primary N) is 2. The summed E-state index contributed by atoms with van der Waals surface area (Å²) in [6.45, 7) is 4.49. The molecule has 0 unspecified atom stereocenters. The number of aromatic nitrogens is 2. The predicted molar refractivity (Wildman–Crippen MR) is 158 cm³/mol. The number of ether oxygens (including phenoxy) is 1. The third kappa shape index (κ3) is 5.06. The van der Waals surface area contributed by atoms with Gasteiger partial charge in [0.15, 0.2) is 0 Å². The van der Waals surface area contributed by atoms with Gasteiger partial charge in [-0.15, -0.1) is 0 Å². The summed E-state index contributed by atoms with van der Waals surface area (Å²) in [6.07, 6.45) is 2.98. The number of hydrogen-bond donors (Lipinski definition) is 3. The zero-order chi connectivity index (χ0) is 28.6. The van der Waals surface area contributed by atoms with Crippen molar-refractivity contribution in [1.29, 1.82) is 0 Å². The van der Waals surface area contributed by atoms with Gasteiger partial charge in [-0.3, -0.25) is 9.69 Å². The number of nitrogen functional groups attached to an aromatic ring is 2. The van der Waals surface area contributed by atoms with Gasteiger partial charge in [-0.05, 0) is 64.9 Å². The number of aromatic amines is 1. The number of carbonyl (C=O) groups excluding carboxylic acids is 2. The van der Waals surface area contributed by atoms with Crippen molar-refractivity contribution in [3.8, 4) is 22.4 Å². The Labute approximate surface area is 234 Å². The maximum absolute atomic E-state index is 13.6. The van der Waals surface area contributed by atoms with Crippen LogP contribution in [-0.4, -0.2) is 58.5 Å². The highest BCUT2D eigenvalue weighted by Crippen LogP contribution is 2.34. The number of amides is 2. The highest BCUT2D eigenvalue weighted by molar-refractivity contribution is 5.91. The number of nitrogens with one attached hydrogen (secondary N) is 1. The molecule has 5 rings (SSSR count). The van der Waals surface area contributed by atoms with E-state index >= 15 is 0 Å². The quantitative estimate of drug-likeness (QED) is 0.279. The molecule has 208 valence electrons. The van der Waals surface area contributed by atoms with Crippen molar-refractivity contribution in [2.24, 2.45) is 5.92 Å². The minimum atomic E-state index is -0.613. The van der Waals surface area contributed by atoms with Crippen LogP contribution in [0.3, 0.4) is 0 Å². The number of hydrogen-bond acceptors (Lipinski definition) is 6. The van der Waals surface area contributed by atoms with Crippen LogP contribution in [0.5, 0.6) is 0 Å². The summed E-state index contributed by atoms with van der Waals surface area (Å²) in [4.78, 5) is 37.2. The smallest absolute Gasteiger partial charge is 0.409 e. The van der Waals surface area contributed by atoms with Crippen LogP contribution in [0.4, 0.5) is 16.2 Å². The molecule has 1 aliphatic heterocycles. The lowest BCUT2D eigenvalue weighted by atomic mass is 9.99. The van der Waals surface area contributed by atoms with Crippen molar-refractivity contribution in [2.75, 3.05) is 32.2 Å². The Morgan fingerprint density at radius 3 is 2.33 bits per heavy atom. The molecule has 4 aromatic rings. The van der Waals surface area contributed by atoms with Crippen LogP contribution in [0.25, 0.3) is 33.2 Å². The van der Waals surface area contributed by atoms with Gasteiger partial charge < -0.3 is 26.1 Å². The monoisotopic (exact) mass is 540 g/mol. The lowest BCUT2D eigenvalue weighted by Gasteiger charge is -2.34. The second-order valence-electron chi connectivity index (χ2n) is 10.8. The molecular weight excluding hydrogens is 504 g/mol. The number of benzene rings is 3. The molecule has 2 amide bonds. The van der Waals surface area contributed by atoms with Crippen LogP contribution in [0, 0.1) is 5.92 Å². The van der Waals surface area contributed by atoms with Gasteiger partial charge in [0.05, 0.1) is 36.4 Å². The first-order valence-corrected chi connectivity index (χ1v) is 13.5. The van der Waals surface area contributed by atoms with Crippen LogP contribution in [0.1, 0.15) is 38.6 Å². The fourth-order valence-electron chi connectivity index (χ4n) is 5.64. The summed E-state index contributed by atoms with van der Waals surface area (Å²) < 4.78 is 4.88. The number of nitrogens with zero attached hydrogens (tertiary/aromatic N) is 3. The van der Waals surface area contributed by atoms with Gasteiger partial charge >= 0.3 is 6.09 Å². The number of H-pyrrole nitrogens is 1. The first-order valence-electron chi connectivity index (χ1n) is 13.5. The fourth-order valence-corrected chi connectivity index (χ4v) is 5.64. The van der Waals surface area contributed by atoms with E-state index in [1.807, 2.05) is 43.1 Å². The second kappa shape index (κ2) is 10.9. The number of likely N-dealkylation sites (tertiary alicyclic amines) is 1. The van der Waals surface area contributed by atoms with E-state index in [0.29, 0.717) is 17.9 Å². The fraction of sp³-hybridized carbons (Fsp3) is 0.323. The third-order valence-electron chi connectivity index (χ3n) is 7.78. The van der Waals surface area contributed by atoms with Crippen LogP contribution in [-0.2, 0) is 9.53 Å². The van der Waals surface area contributed by atoms with Gasteiger partial charge in [0.2, 0.25) is 5.91 Å². The Hall–Kier alpha value is -4.53. The van der Waals surface area contributed by atoms with Gasteiger partial charge in [0, 0.05) is 19.2 Å². The Morgan fingerprint density at radius 1 is 1.00 bits per heavy atom. The van der Waals surface area contributed by atoms with Crippen molar-refractivity contribution < 1.29 is 14.3 Å². The van der Waals surface area contributed by atoms with Gasteiger partial charge in [0.25, 0.3) is 0 Å². The van der Waals surface area contributed by atoms with Crippen molar-refractivity contribution in [3.63, 3.8) is 0 Å². The largest absolute Gasteiger partial charge is 0.453 e. The normalized spacial score (nSPS) is 15.9. The minimum absolute atomic E-state index is 0.0690. The maximum atomic E-state index is 13.6. The summed E-state index contributed by atoms with van der Waals surface area (Å²) in [5.41, 5.74) is 17.0. The molecule has 1 aliphatic rings. The van der Waals surface area contributed by atoms with Crippen LogP contribution in [0.15, 0.2) is 60.8 Å². The number of carbonyl (C=O) groups is 2. The van der Waals surface area contributed by atoms with Crippen LogP contribution >= 0.6 is 0 Å². The molecule has 1 fully saturated rings. The predicted octanol–water partition coefficient (Wildman–Crippen LogP) is 5.45. The van der Waals surface area contributed by atoms with Crippen molar-refractivity contribution >= 4 is 34.1 Å². The molecule has 0 spiro atoms. The van der Waals surface area contributed by atoms with Crippen LogP contribution in [0.2, 0.25) is 0 Å². The SMILES string of the molecule is COC(=O)N(C)[C@H](C(=O)N1CCC[C@H]1c1ncc(-c2ccc3cc(-c4ccc(N)c(N)c4)ccc3c2)[nH]1)C(C)C. The summed E-state index contributed by atoms with van der Waals surface area (Å²) >= 11 is 0. The highest BCUT2D eigenvalue weighted by atomic mass is 16.5. The molecule has 9 nitrogen and oxygen atoms in total. The molecule has 0 saturated carbocycles. The lowest BCUT2D eigenvalue weighted by Crippen LogP contribution is -2.51. The van der Waals surface area contributed by atoms with Crippen LogP contribution < -0.4 is 11.5 Å². The van der Waals surface area contributed by atoms with Gasteiger partial charge in [-0.25, -0.2) is 9.78 Å². The van der Waals surface area contributed by atoms with E-state index < -0.39 is 12.1 Å². The third-order valence-corrected chi connectivity index (χ3v) is 7.78. The highest BCUT2D eigenvalue weighted by Gasteiger charge is 2.39. The molecular formula is C31H36N6O3. The van der Waals surface area contributed by atoms with E-state index in [4.69, 9.17) is 16.2 Å². The van der Waals surface area contributed by atoms with Gasteiger partial charge in [-0.2, -0.15) is 0 Å². The van der Waals surface area contributed by atoms with Crippen molar-refractivity contribution in [3.05, 3.63) is 66.6 Å². The molecule has 9 heteroatoms. The molecule has 2 atom stereocenters. The average Bonchev–Trinajstić information content (AvgIpc) is 3.63. The maximum Gasteiger partial charge on any atom is 0.409 e. The van der Waals surface area contributed by atoms with Crippen molar-refractivity contribution in [1.82, 2.24) is 19.8 Å². The van der Waals surface area contributed by atoms with E-state index in [-0.39, 0.29) is 17.9 Å². The number of likely N-dealkylation sites (N-methyl/N-ethyl adjacent to an activating group) is 1. The summed E-state index contributed by atoms with van der Waals surface area (Å²) in [5, 5.41) is 2.21. The Morgan fingerprint density at radius 2 is 1.65 bits per heavy atom. The molecule has 40 heavy (non-hydrogen) atoms. The second-order valence-corrected chi connectivity index (χ2v) is 10.8. The average molecular weight is 541 g/mol. The topological polar surface area (TPSA) is 131 Å². The van der Waals surface area contributed by atoms with Crippen molar-refractivity contribution in [2.45, 2.75) is 38.8 Å². The Bertz CT molecular complexity index is 1560. The van der Waals surface area contributed by atoms with E-state index in [0.717, 1.165) is 51.8 Å². The zero-order valence-corrected chi connectivity index (χ0v) is 23.3. The Kier molecular flexibility index (Phi) is 7.38. The van der Waals surface area contributed by atoms with E-state index in [9.17, 15) is 9.59 Å². The number of rotatable bonds is 6. The summed E-state index contributed by atoms with van der Waals surface area (Å²) in [5.74, 6) is 0.591. The van der Waals surface area contributed by atoms with E-state index in [2.05, 4.69) is 46.4 Å². The number of anilines is 2. The Balaban J connectivity index is 1.38. The molecule has 1 saturated heterocycles. The molecule has 3 aromatic carbocycles. The van der Waals surface area contributed by atoms with Gasteiger partial charge in [-0.1, -0.05) is 44.2 Å². The standard InChI is InChI=1S/C31H36N6O3/c1-18(2)28(36(3)31(39)40-4)30(38)37-13-5-6-27(37)29-34-17-26(35-29)23-10-9-19-14-20(7-8-21(19)15-23)22-11-12-24(32)25(33)16-22/h7-12,14-18,27-28H,5-6,13,32-33H2,1-4H3,(H,34,35)/t27-,28-/m0/s1. The van der Waals surface area contributed by atoms with Gasteiger partial charge in [0.1, 0.15) is 11.9 Å². The molecule has 0 radical (unpaired) electrons. The molecule has 0 bridgehead atoms. The molecule has 1 aromatic heterocycles. The number of methoxy groups -OCH3 is 1. The summed E-state index contributed by atoms with van der Waals surface area (Å²) in [6, 6.07) is 17.5. The number of imidazole rings is 1. The number of fused-ring (bicyclic) bond motifs is 1. The van der Waals surface area contributed by atoms with E-state index in [1.54, 1.807) is 7.05 Å².